The lowest BCUT2D eigenvalue weighted by Crippen LogP contribution is -2.57. The van der Waals surface area contributed by atoms with Gasteiger partial charge >= 0.3 is 0 Å². The molecule has 3 aromatic rings. The highest BCUT2D eigenvalue weighted by Crippen LogP contribution is 2.35. The third kappa shape index (κ3) is 6.50. The summed E-state index contributed by atoms with van der Waals surface area (Å²) in [7, 11) is 0. The van der Waals surface area contributed by atoms with Gasteiger partial charge in [-0.2, -0.15) is 0 Å². The zero-order chi connectivity index (χ0) is 28.4. The molecule has 10 atom stereocenters. The molecule has 0 unspecified atom stereocenters. The van der Waals surface area contributed by atoms with Crippen LogP contribution in [0.3, 0.4) is 0 Å². The van der Waals surface area contributed by atoms with E-state index in [0.717, 1.165) is 10.3 Å². The van der Waals surface area contributed by atoms with E-state index < -0.39 is 67.6 Å². The van der Waals surface area contributed by atoms with Crippen LogP contribution in [-0.2, 0) is 15.9 Å². The Morgan fingerprint density at radius 1 is 0.795 bits per heavy atom. The molecule has 2 saturated heterocycles. The van der Waals surface area contributed by atoms with Crippen LogP contribution in [0.1, 0.15) is 29.0 Å². The van der Waals surface area contributed by atoms with E-state index in [1.165, 1.54) is 16.1 Å². The van der Waals surface area contributed by atoms with Gasteiger partial charge in [-0.3, -0.25) is 0 Å². The predicted octanol–water partition coefficient (Wildman–Crippen LogP) is 0.0563. The summed E-state index contributed by atoms with van der Waals surface area (Å²) in [5, 5.41) is 79.1. The molecule has 0 saturated carbocycles. The average molecular weight is 589 g/mol. The van der Waals surface area contributed by atoms with Crippen LogP contribution in [0.15, 0.2) is 35.7 Å². The number of benzene rings is 1. The van der Waals surface area contributed by atoms with Crippen LogP contribution in [0.25, 0.3) is 9.40 Å². The fourth-order valence-corrected chi connectivity index (χ4v) is 6.84. The Kier molecular flexibility index (Phi) is 10.1. The van der Waals surface area contributed by atoms with E-state index in [2.05, 4.69) is 0 Å². The lowest BCUT2D eigenvalue weighted by molar-refractivity contribution is -0.231. The van der Waals surface area contributed by atoms with Crippen molar-refractivity contribution in [3.8, 4) is 0 Å². The molecule has 4 heterocycles. The van der Waals surface area contributed by atoms with Crippen molar-refractivity contribution in [3.05, 3.63) is 57.5 Å². The number of hydrogen-bond acceptors (Lipinski definition) is 12. The highest BCUT2D eigenvalue weighted by molar-refractivity contribution is 7.37. The van der Waals surface area contributed by atoms with E-state index in [4.69, 9.17) is 14.6 Å². The minimum absolute atomic E-state index is 0.361. The first-order valence-corrected chi connectivity index (χ1v) is 14.1. The van der Waals surface area contributed by atoms with Gasteiger partial charge in [-0.15, -0.1) is 22.7 Å². The van der Waals surface area contributed by atoms with Gasteiger partial charge in [0.15, 0.2) is 0 Å². The summed E-state index contributed by atoms with van der Waals surface area (Å²) >= 11 is 3.27. The number of rotatable bonds is 5. The van der Waals surface area contributed by atoms with Gasteiger partial charge in [0, 0.05) is 16.7 Å². The molecule has 2 aliphatic rings. The van der Waals surface area contributed by atoms with E-state index in [1.807, 2.05) is 17.5 Å². The first-order chi connectivity index (χ1) is 18.5. The third-order valence-corrected chi connectivity index (χ3v) is 9.19. The molecule has 1 aromatic carbocycles. The molecule has 216 valence electrons. The largest absolute Gasteiger partial charge is 0.394 e. The van der Waals surface area contributed by atoms with Crippen LogP contribution < -0.4 is 0 Å². The van der Waals surface area contributed by atoms with Crippen LogP contribution in [-0.4, -0.2) is 109 Å². The number of aliphatic hydroxyl groups excluding tert-OH is 8. The predicted molar refractivity (Wildman–Crippen MR) is 141 cm³/mol. The number of fused-ring (bicyclic) bond motifs is 1. The molecule has 2 aromatic heterocycles. The topological polar surface area (TPSA) is 180 Å². The Balaban J connectivity index is 0.000000247. The highest BCUT2D eigenvalue weighted by atomic mass is 32.2. The first-order valence-electron chi connectivity index (χ1n) is 12.4. The Morgan fingerprint density at radius 2 is 1.44 bits per heavy atom. The molecule has 5 rings (SSSR count). The van der Waals surface area contributed by atoms with Gasteiger partial charge in [0.2, 0.25) is 0 Å². The van der Waals surface area contributed by atoms with Crippen molar-refractivity contribution in [2.45, 2.75) is 74.4 Å². The Bertz CT molecular complexity index is 1190. The molecule has 10 nitrogen and oxygen atoms in total. The first kappa shape index (κ1) is 30.4. The van der Waals surface area contributed by atoms with Crippen molar-refractivity contribution in [2.75, 3.05) is 13.2 Å². The smallest absolute Gasteiger partial charge is 0.126 e. The van der Waals surface area contributed by atoms with Gasteiger partial charge in [-0.05, 0) is 47.7 Å². The Morgan fingerprint density at radius 3 is 2.08 bits per heavy atom. The minimum Gasteiger partial charge on any atom is -0.394 e. The van der Waals surface area contributed by atoms with Crippen molar-refractivity contribution < 1.29 is 54.7 Å². The van der Waals surface area contributed by atoms with Crippen LogP contribution in [0.2, 0.25) is 0 Å². The standard InChI is InChI=1S/C19H19FO5S2.C7H14O5/c20-13-2-1-9(18-17(24)16(23)15(22)14(8-21)25-18)5-11(13)7-12-6-10-3-4-26-19(10)27-12;1-3-5(9)7(11)6(10)4(2-8)12-3/h1-6,14-18,21-24H,7-8H2;3-11H,2H2,1H3/t14-,15-,16+,17-,18+;3-,4+,5-,6+,7+/m10/s1. The van der Waals surface area contributed by atoms with E-state index in [9.17, 15) is 40.1 Å². The van der Waals surface area contributed by atoms with Gasteiger partial charge in [-0.25, -0.2) is 4.39 Å². The summed E-state index contributed by atoms with van der Waals surface area (Å²) in [4.78, 5) is 1.03. The normalized spacial score (nSPS) is 35.0. The zero-order valence-electron chi connectivity index (χ0n) is 20.9. The van der Waals surface area contributed by atoms with Crippen molar-refractivity contribution in [1.82, 2.24) is 0 Å². The molecule has 0 spiro atoms. The van der Waals surface area contributed by atoms with Crippen LogP contribution >= 0.6 is 22.7 Å². The molecule has 39 heavy (non-hydrogen) atoms. The second kappa shape index (κ2) is 12.9. The summed E-state index contributed by atoms with van der Waals surface area (Å²) in [5.74, 6) is -0.361. The Hall–Kier alpha value is -1.59. The molecular weight excluding hydrogens is 555 g/mol. The molecule has 0 bridgehead atoms. The number of aliphatic hydroxyl groups is 8. The number of hydrogen-bond donors (Lipinski definition) is 8. The minimum atomic E-state index is -1.46. The maximum absolute atomic E-state index is 14.4. The summed E-state index contributed by atoms with van der Waals surface area (Å²) in [5.41, 5.74) is 0.944. The number of ether oxygens (including phenoxy) is 2. The molecule has 2 aliphatic heterocycles. The fraction of sp³-hybridized carbons (Fsp3) is 0.538. The lowest BCUT2D eigenvalue weighted by atomic mass is 9.90. The van der Waals surface area contributed by atoms with Gasteiger partial charge in [0.1, 0.15) is 60.8 Å². The fourth-order valence-electron chi connectivity index (χ4n) is 4.66. The van der Waals surface area contributed by atoms with Crippen molar-refractivity contribution >= 4 is 32.1 Å². The van der Waals surface area contributed by atoms with Gasteiger partial charge < -0.3 is 50.3 Å². The number of halogens is 1. The van der Waals surface area contributed by atoms with Gasteiger partial charge in [-0.1, -0.05) is 6.07 Å². The number of thiophene rings is 2. The van der Waals surface area contributed by atoms with E-state index in [0.29, 0.717) is 17.5 Å². The monoisotopic (exact) mass is 588 g/mol. The van der Waals surface area contributed by atoms with Crippen molar-refractivity contribution in [2.24, 2.45) is 0 Å². The van der Waals surface area contributed by atoms with Crippen LogP contribution in [0.5, 0.6) is 0 Å². The zero-order valence-corrected chi connectivity index (χ0v) is 22.6. The average Bonchev–Trinajstić information content (AvgIpc) is 3.52. The van der Waals surface area contributed by atoms with Crippen LogP contribution in [0.4, 0.5) is 4.39 Å². The second-order valence-corrected chi connectivity index (χ2v) is 12.0. The van der Waals surface area contributed by atoms with Crippen molar-refractivity contribution in [1.29, 1.82) is 0 Å². The maximum atomic E-state index is 14.4. The third-order valence-electron chi connectivity index (χ3n) is 6.98. The molecule has 0 radical (unpaired) electrons. The van der Waals surface area contributed by atoms with Gasteiger partial charge in [0.05, 0.1) is 23.3 Å². The molecule has 0 aliphatic carbocycles. The summed E-state index contributed by atoms with van der Waals surface area (Å²) in [6.45, 7) is 0.707. The lowest BCUT2D eigenvalue weighted by Gasteiger charge is -2.40. The molecule has 0 amide bonds. The summed E-state index contributed by atoms with van der Waals surface area (Å²) in [6.07, 6.45) is -10.7. The van der Waals surface area contributed by atoms with E-state index >= 15 is 0 Å². The SMILES string of the molecule is C[C@@H]1O[C@H](CO)[C@@H](O)[C@H](O)[C@H]1O.OC[C@H]1O[C@@H](c2ccc(F)c(Cc3cc4ccsc4s3)c2)[C@H](O)[C@@H](O)[C@@H]1O. The molecule has 13 heteroatoms. The Labute approximate surface area is 231 Å². The van der Waals surface area contributed by atoms with E-state index in [1.54, 1.807) is 35.7 Å². The quantitative estimate of drug-likeness (QED) is 0.203. The second-order valence-electron chi connectivity index (χ2n) is 9.69. The molecule has 8 N–H and O–H groups in total. The summed E-state index contributed by atoms with van der Waals surface area (Å²) in [6, 6.07) is 8.47. The highest BCUT2D eigenvalue weighted by Gasteiger charge is 2.44. The summed E-state index contributed by atoms with van der Waals surface area (Å²) < 4.78 is 26.1. The van der Waals surface area contributed by atoms with Gasteiger partial charge in [0.25, 0.3) is 0 Å². The molecule has 2 fully saturated rings. The maximum Gasteiger partial charge on any atom is 0.126 e. The van der Waals surface area contributed by atoms with Crippen molar-refractivity contribution in [3.63, 3.8) is 0 Å². The molecular formula is C26H33FO10S2. The van der Waals surface area contributed by atoms with E-state index in [-0.39, 0.29) is 12.4 Å². The van der Waals surface area contributed by atoms with Crippen LogP contribution in [0, 0.1) is 5.82 Å².